The quantitative estimate of drug-likeness (QED) is 0.138. The highest BCUT2D eigenvalue weighted by molar-refractivity contribution is 6.10. The molecule has 2 aliphatic heterocycles. The molecular weight excluding hydrogens is 567 g/mol. The summed E-state index contributed by atoms with van der Waals surface area (Å²) in [6.45, 7) is 6.96. The van der Waals surface area contributed by atoms with E-state index in [4.69, 9.17) is 4.99 Å². The van der Waals surface area contributed by atoms with Crippen LogP contribution in [0.1, 0.15) is 64.0 Å². The van der Waals surface area contributed by atoms with E-state index in [9.17, 15) is 23.5 Å². The van der Waals surface area contributed by atoms with Crippen molar-refractivity contribution in [2.75, 3.05) is 13.2 Å². The molecule has 0 saturated carbocycles. The van der Waals surface area contributed by atoms with E-state index in [2.05, 4.69) is 33.9 Å². The summed E-state index contributed by atoms with van der Waals surface area (Å²) in [5.74, 6) is -0.238. The lowest BCUT2D eigenvalue weighted by Crippen LogP contribution is -2.46. The first-order chi connectivity index (χ1) is 21.2. The smallest absolute Gasteiger partial charge is 0.240 e. The molecule has 0 fully saturated rings. The Hall–Kier alpha value is -4.46. The van der Waals surface area contributed by atoms with Crippen molar-refractivity contribution in [2.45, 2.75) is 77.9 Å². The number of nitrogens with one attached hydrogen (secondary N) is 3. The summed E-state index contributed by atoms with van der Waals surface area (Å²) >= 11 is 0. The molecule has 2 atom stereocenters. The lowest BCUT2D eigenvalue weighted by Gasteiger charge is -2.32. The number of nitrogens with zero attached hydrogens (tertiary/aromatic N) is 4. The maximum absolute atomic E-state index is 14.1. The lowest BCUT2D eigenvalue weighted by atomic mass is 9.90. The van der Waals surface area contributed by atoms with Crippen LogP contribution in [0.3, 0.4) is 0 Å². The number of fused-ring (bicyclic) bond motifs is 1. The van der Waals surface area contributed by atoms with Gasteiger partial charge in [0.2, 0.25) is 12.4 Å². The maximum atomic E-state index is 14.1. The van der Waals surface area contributed by atoms with Gasteiger partial charge in [0.05, 0.1) is 35.6 Å². The topological polar surface area (TPSA) is 108 Å². The van der Waals surface area contributed by atoms with Crippen molar-refractivity contribution in [2.24, 2.45) is 9.98 Å². The number of aliphatic hydroxyl groups is 1. The van der Waals surface area contributed by atoms with Crippen LogP contribution in [0, 0.1) is 17.1 Å². The molecule has 1 aromatic carbocycles. The van der Waals surface area contributed by atoms with E-state index in [1.54, 1.807) is 11.0 Å². The maximum Gasteiger partial charge on any atom is 0.240 e. The first kappa shape index (κ1) is 32.5. The predicted molar refractivity (Wildman–Crippen MR) is 167 cm³/mol. The fourth-order valence-corrected chi connectivity index (χ4v) is 5.11. The number of aliphatic imine (C=N–C) groups is 2. The minimum atomic E-state index is -2.40. The van der Waals surface area contributed by atoms with Gasteiger partial charge in [0, 0.05) is 19.2 Å². The molecule has 2 unspecified atom stereocenters. The van der Waals surface area contributed by atoms with Gasteiger partial charge in [0.15, 0.2) is 5.88 Å². The van der Waals surface area contributed by atoms with Gasteiger partial charge in [-0.05, 0) is 79.2 Å². The van der Waals surface area contributed by atoms with Crippen LogP contribution in [-0.4, -0.2) is 53.4 Å². The molecule has 1 aromatic rings. The first-order valence-corrected chi connectivity index (χ1v) is 15.0. The minimum absolute atomic E-state index is 0.00191. The summed E-state index contributed by atoms with van der Waals surface area (Å²) in [6, 6.07) is 5.51. The highest BCUT2D eigenvalue weighted by Crippen LogP contribution is 2.26. The first-order valence-electron chi connectivity index (χ1n) is 15.0. The Kier molecular flexibility index (Phi) is 11.3. The van der Waals surface area contributed by atoms with Crippen molar-refractivity contribution in [3.63, 3.8) is 0 Å². The van der Waals surface area contributed by atoms with Crippen LogP contribution in [0.25, 0.3) is 0 Å². The van der Waals surface area contributed by atoms with Gasteiger partial charge in [-0.1, -0.05) is 32.1 Å². The van der Waals surface area contributed by atoms with E-state index in [-0.39, 0.29) is 37.1 Å². The van der Waals surface area contributed by atoms with Gasteiger partial charge >= 0.3 is 0 Å². The summed E-state index contributed by atoms with van der Waals surface area (Å²) in [5, 5.41) is 30.8. The number of hydrogen-bond donors (Lipinski definition) is 4. The van der Waals surface area contributed by atoms with Crippen molar-refractivity contribution < 1.29 is 18.3 Å². The third-order valence-corrected chi connectivity index (χ3v) is 7.81. The highest BCUT2D eigenvalue weighted by Gasteiger charge is 2.26. The van der Waals surface area contributed by atoms with Crippen molar-refractivity contribution in [1.29, 1.82) is 5.26 Å². The summed E-state index contributed by atoms with van der Waals surface area (Å²) in [4.78, 5) is 11.0. The third-order valence-electron chi connectivity index (χ3n) is 7.81. The van der Waals surface area contributed by atoms with Gasteiger partial charge < -0.3 is 21.1 Å². The minimum Gasteiger partial charge on any atom is -0.494 e. The number of benzene rings is 1. The zero-order valence-electron chi connectivity index (χ0n) is 25.4. The molecular formula is C33H40F3N7O. The van der Waals surface area contributed by atoms with E-state index < -0.39 is 18.3 Å². The Bertz CT molecular complexity index is 1470. The Labute approximate surface area is 257 Å². The number of rotatable bonds is 11. The predicted octanol–water partition coefficient (Wildman–Crippen LogP) is 6.10. The number of allylic oxidation sites excluding steroid dienone is 3. The molecule has 4 N–H and O–H groups in total. The molecule has 0 radical (unpaired) electrons. The number of hydrogen-bond acceptors (Lipinski definition) is 6. The molecule has 8 nitrogen and oxygen atoms in total. The number of nitriles is 1. The zero-order chi connectivity index (χ0) is 31.6. The molecule has 0 aromatic heterocycles. The van der Waals surface area contributed by atoms with E-state index in [1.807, 2.05) is 44.3 Å². The molecule has 234 valence electrons. The Morgan fingerprint density at radius 3 is 2.86 bits per heavy atom. The van der Waals surface area contributed by atoms with E-state index in [1.165, 1.54) is 17.7 Å². The second kappa shape index (κ2) is 15.3. The monoisotopic (exact) mass is 607 g/mol. The molecule has 0 bridgehead atoms. The average molecular weight is 608 g/mol. The molecule has 1 aliphatic carbocycles. The van der Waals surface area contributed by atoms with E-state index >= 15 is 0 Å². The fraction of sp³-hybridized carbons (Fsp3) is 0.424. The van der Waals surface area contributed by atoms with Gasteiger partial charge in [-0.3, -0.25) is 9.89 Å². The molecule has 2 heterocycles. The van der Waals surface area contributed by atoms with Crippen LogP contribution in [0.2, 0.25) is 0 Å². The molecule has 0 amide bonds. The van der Waals surface area contributed by atoms with Crippen molar-refractivity contribution in [1.82, 2.24) is 20.9 Å². The van der Waals surface area contributed by atoms with Gasteiger partial charge in [-0.2, -0.15) is 5.26 Å². The standard InChI is InChI=1S/C33H40F3N7O/c1-4-21(3)32(44)43(19-23-6-10-29(34)25(12-23)16-37)33(40-20-39-28-13-22(5-2)17-38-18-28)42-26-9-11-30-24(14-26)7-8-27(41-30)15-31(35)36/h6-7,9-13,18,26-27,31,38-39,44H,4-5,8,14-15,17,19-20H2,1-3H3,(H,40,42)/b32-21-. The van der Waals surface area contributed by atoms with Crippen LogP contribution in [0.5, 0.6) is 0 Å². The number of alkyl halides is 2. The molecule has 3 aliphatic rings. The molecule has 0 saturated heterocycles. The summed E-state index contributed by atoms with van der Waals surface area (Å²) in [6.07, 6.45) is 9.57. The Balaban J connectivity index is 1.65. The van der Waals surface area contributed by atoms with Crippen molar-refractivity contribution in [3.05, 3.63) is 93.9 Å². The summed E-state index contributed by atoms with van der Waals surface area (Å²) < 4.78 is 40.0. The molecule has 4 rings (SSSR count). The zero-order valence-corrected chi connectivity index (χ0v) is 25.4. The van der Waals surface area contributed by atoms with Crippen LogP contribution in [0.4, 0.5) is 13.2 Å². The van der Waals surface area contributed by atoms with Crippen LogP contribution < -0.4 is 16.0 Å². The normalized spacial score (nSPS) is 20.3. The average Bonchev–Trinajstić information content (AvgIpc) is 3.03. The van der Waals surface area contributed by atoms with Crippen molar-refractivity contribution >= 4 is 11.7 Å². The van der Waals surface area contributed by atoms with Gasteiger partial charge in [-0.15, -0.1) is 0 Å². The number of guanidine groups is 1. The third kappa shape index (κ3) is 8.56. The molecule has 0 spiro atoms. The Morgan fingerprint density at radius 1 is 1.32 bits per heavy atom. The summed E-state index contributed by atoms with van der Waals surface area (Å²) in [7, 11) is 0. The highest BCUT2D eigenvalue weighted by atomic mass is 19.3. The van der Waals surface area contributed by atoms with Crippen LogP contribution >= 0.6 is 0 Å². The lowest BCUT2D eigenvalue weighted by molar-refractivity contribution is 0.129. The molecule has 11 heteroatoms. The molecule has 44 heavy (non-hydrogen) atoms. The van der Waals surface area contributed by atoms with Crippen LogP contribution in [0.15, 0.2) is 87.0 Å². The van der Waals surface area contributed by atoms with Gasteiger partial charge in [0.25, 0.3) is 0 Å². The largest absolute Gasteiger partial charge is 0.494 e. The van der Waals surface area contributed by atoms with E-state index in [0.717, 1.165) is 29.8 Å². The van der Waals surface area contributed by atoms with Crippen molar-refractivity contribution in [3.8, 4) is 6.07 Å². The Morgan fingerprint density at radius 2 is 2.14 bits per heavy atom. The van der Waals surface area contributed by atoms with E-state index in [0.29, 0.717) is 36.5 Å². The number of aliphatic hydroxyl groups excluding tert-OH is 1. The van der Waals surface area contributed by atoms with Gasteiger partial charge in [0.1, 0.15) is 18.6 Å². The second-order valence-corrected chi connectivity index (χ2v) is 11.0. The fourth-order valence-electron chi connectivity index (χ4n) is 5.11. The van der Waals surface area contributed by atoms with Gasteiger partial charge in [-0.25, -0.2) is 18.2 Å². The summed E-state index contributed by atoms with van der Waals surface area (Å²) in [5.41, 5.74) is 5.07. The number of dihydropyridines is 2. The number of halogens is 3. The SMILES string of the molecule is CCC1=CC(NC/N=C(/NC2C=CC3=NC(CC(F)F)CC=C3C2)N(Cc2ccc(F)c(C#N)c2)/C(O)=C(\C)CC)=CNC1. The van der Waals surface area contributed by atoms with Crippen LogP contribution in [-0.2, 0) is 6.54 Å². The second-order valence-electron chi connectivity index (χ2n) is 11.0.